The number of thiocarbonyl (C=S) groups is 1. The Labute approximate surface area is 130 Å². The molecule has 21 heavy (non-hydrogen) atoms. The van der Waals surface area contributed by atoms with Crippen molar-refractivity contribution >= 4 is 17.3 Å². The fraction of sp³-hybridized carbons (Fsp3) is 0.235. The van der Waals surface area contributed by atoms with Crippen LogP contribution < -0.4 is 10.6 Å². The van der Waals surface area contributed by atoms with E-state index >= 15 is 0 Å². The number of rotatable bonds is 6. The van der Waals surface area contributed by atoms with Gasteiger partial charge in [-0.3, -0.25) is 0 Å². The molecule has 0 unspecified atom stereocenters. The van der Waals surface area contributed by atoms with Gasteiger partial charge in [-0.05, 0) is 48.3 Å². The topological polar surface area (TPSA) is 24.1 Å². The van der Waals surface area contributed by atoms with Crippen molar-refractivity contribution in [1.82, 2.24) is 10.6 Å². The van der Waals surface area contributed by atoms with Crippen LogP contribution in [0.25, 0.3) is 0 Å². The highest BCUT2D eigenvalue weighted by Crippen LogP contribution is 2.02. The van der Waals surface area contributed by atoms with Gasteiger partial charge >= 0.3 is 0 Å². The second kappa shape index (κ2) is 8.37. The minimum absolute atomic E-state index is 0.222. The maximum Gasteiger partial charge on any atom is 0.166 e. The van der Waals surface area contributed by atoms with Gasteiger partial charge in [0.05, 0.1) is 0 Å². The molecule has 0 saturated heterocycles. The van der Waals surface area contributed by atoms with Crippen molar-refractivity contribution in [2.75, 3.05) is 6.54 Å². The predicted octanol–water partition coefficient (Wildman–Crippen LogP) is 3.42. The molecule has 4 heteroatoms. The molecule has 2 aromatic carbocycles. The van der Waals surface area contributed by atoms with E-state index < -0.39 is 0 Å². The van der Waals surface area contributed by atoms with E-state index in [1.54, 1.807) is 12.1 Å². The van der Waals surface area contributed by atoms with Gasteiger partial charge in [0.1, 0.15) is 5.82 Å². The standard InChI is InChI=1S/C17H19FN2S/c18-16-10-8-15(9-11-16)13-20-17(21)19-12-4-7-14-5-2-1-3-6-14/h1-3,5-6,8-11H,4,7,12-13H2,(H2,19,20,21). The normalized spacial score (nSPS) is 10.1. The first-order chi connectivity index (χ1) is 10.2. The number of hydrogen-bond acceptors (Lipinski definition) is 1. The van der Waals surface area contributed by atoms with Crippen LogP contribution in [0.15, 0.2) is 54.6 Å². The first-order valence-corrected chi connectivity index (χ1v) is 7.45. The van der Waals surface area contributed by atoms with Crippen molar-refractivity contribution in [2.45, 2.75) is 19.4 Å². The largest absolute Gasteiger partial charge is 0.363 e. The summed E-state index contributed by atoms with van der Waals surface area (Å²) in [6.45, 7) is 1.44. The highest BCUT2D eigenvalue weighted by Gasteiger charge is 1.98. The van der Waals surface area contributed by atoms with Crippen LogP contribution in [0.3, 0.4) is 0 Å². The lowest BCUT2D eigenvalue weighted by molar-refractivity contribution is 0.626. The van der Waals surface area contributed by atoms with Crippen molar-refractivity contribution in [3.8, 4) is 0 Å². The van der Waals surface area contributed by atoms with Gasteiger partial charge in [0.15, 0.2) is 5.11 Å². The van der Waals surface area contributed by atoms with Gasteiger partial charge < -0.3 is 10.6 Å². The zero-order valence-electron chi connectivity index (χ0n) is 11.8. The van der Waals surface area contributed by atoms with Crippen molar-refractivity contribution in [3.05, 3.63) is 71.5 Å². The number of hydrogen-bond donors (Lipinski definition) is 2. The highest BCUT2D eigenvalue weighted by molar-refractivity contribution is 7.80. The minimum atomic E-state index is -0.222. The molecule has 0 aromatic heterocycles. The van der Waals surface area contributed by atoms with Crippen LogP contribution in [0, 0.1) is 5.82 Å². The summed E-state index contributed by atoms with van der Waals surface area (Å²) in [4.78, 5) is 0. The van der Waals surface area contributed by atoms with Crippen LogP contribution >= 0.6 is 12.2 Å². The van der Waals surface area contributed by atoms with Crippen LogP contribution in [-0.4, -0.2) is 11.7 Å². The Kier molecular flexibility index (Phi) is 6.16. The predicted molar refractivity (Wildman–Crippen MR) is 88.6 cm³/mol. The molecule has 0 fully saturated rings. The van der Waals surface area contributed by atoms with E-state index in [-0.39, 0.29) is 5.82 Å². The molecule has 110 valence electrons. The summed E-state index contributed by atoms with van der Waals surface area (Å²) in [6, 6.07) is 16.8. The van der Waals surface area contributed by atoms with Crippen LogP contribution in [0.1, 0.15) is 17.5 Å². The van der Waals surface area contributed by atoms with Gasteiger partial charge in [0.25, 0.3) is 0 Å². The summed E-state index contributed by atoms with van der Waals surface area (Å²) in [5.41, 5.74) is 2.34. The summed E-state index contributed by atoms with van der Waals surface area (Å²) in [6.07, 6.45) is 2.07. The number of halogens is 1. The molecule has 2 nitrogen and oxygen atoms in total. The van der Waals surface area contributed by atoms with Crippen LogP contribution in [0.4, 0.5) is 4.39 Å². The molecule has 0 radical (unpaired) electrons. The van der Waals surface area contributed by atoms with Crippen molar-refractivity contribution < 1.29 is 4.39 Å². The molecular formula is C17H19FN2S. The zero-order chi connectivity index (χ0) is 14.9. The number of aryl methyl sites for hydroxylation is 1. The summed E-state index contributed by atoms with van der Waals surface area (Å²) in [5.74, 6) is -0.222. The molecule has 0 amide bonds. The molecule has 0 atom stereocenters. The second-order valence-corrected chi connectivity index (χ2v) is 5.23. The highest BCUT2D eigenvalue weighted by atomic mass is 32.1. The Morgan fingerprint density at radius 1 is 0.905 bits per heavy atom. The molecule has 2 N–H and O–H groups in total. The van der Waals surface area contributed by atoms with Gasteiger partial charge in [-0.2, -0.15) is 0 Å². The molecule has 0 aliphatic carbocycles. The van der Waals surface area contributed by atoms with Crippen LogP contribution in [-0.2, 0) is 13.0 Å². The van der Waals surface area contributed by atoms with Gasteiger partial charge in [-0.25, -0.2) is 4.39 Å². The number of nitrogens with one attached hydrogen (secondary N) is 2. The van der Waals surface area contributed by atoms with E-state index in [9.17, 15) is 4.39 Å². The van der Waals surface area contributed by atoms with Crippen molar-refractivity contribution in [3.63, 3.8) is 0 Å². The molecule has 2 rings (SSSR count). The second-order valence-electron chi connectivity index (χ2n) is 4.83. The summed E-state index contributed by atoms with van der Waals surface area (Å²) < 4.78 is 12.8. The maximum absolute atomic E-state index is 12.8. The average molecular weight is 302 g/mol. The summed E-state index contributed by atoms with van der Waals surface area (Å²) in [7, 11) is 0. The zero-order valence-corrected chi connectivity index (χ0v) is 12.6. The van der Waals surface area contributed by atoms with E-state index in [0.29, 0.717) is 11.7 Å². The van der Waals surface area contributed by atoms with E-state index in [1.165, 1.54) is 17.7 Å². The summed E-state index contributed by atoms with van der Waals surface area (Å²) in [5, 5.41) is 6.93. The average Bonchev–Trinajstić information content (AvgIpc) is 2.52. The third kappa shape index (κ3) is 5.92. The van der Waals surface area contributed by atoms with E-state index in [2.05, 4.69) is 34.9 Å². The molecular weight excluding hydrogens is 283 g/mol. The fourth-order valence-electron chi connectivity index (χ4n) is 1.99. The molecule has 0 aliphatic heterocycles. The van der Waals surface area contributed by atoms with Crippen LogP contribution in [0.2, 0.25) is 0 Å². The van der Waals surface area contributed by atoms with Gasteiger partial charge in [0, 0.05) is 13.1 Å². The Morgan fingerprint density at radius 2 is 1.62 bits per heavy atom. The first-order valence-electron chi connectivity index (χ1n) is 7.04. The quantitative estimate of drug-likeness (QED) is 0.631. The molecule has 0 saturated carbocycles. The monoisotopic (exact) mass is 302 g/mol. The lowest BCUT2D eigenvalue weighted by atomic mass is 10.1. The third-order valence-corrected chi connectivity index (χ3v) is 3.43. The fourth-order valence-corrected chi connectivity index (χ4v) is 2.16. The smallest absolute Gasteiger partial charge is 0.166 e. The van der Waals surface area contributed by atoms with Gasteiger partial charge in [-0.15, -0.1) is 0 Å². The van der Waals surface area contributed by atoms with Crippen molar-refractivity contribution in [2.24, 2.45) is 0 Å². The first kappa shape index (κ1) is 15.4. The Morgan fingerprint density at radius 3 is 2.33 bits per heavy atom. The Hall–Kier alpha value is -1.94. The molecule has 2 aromatic rings. The SMILES string of the molecule is Fc1ccc(CNC(=S)NCCCc2ccccc2)cc1. The Bertz CT molecular complexity index is 555. The number of benzene rings is 2. The third-order valence-electron chi connectivity index (χ3n) is 3.14. The minimum Gasteiger partial charge on any atom is -0.363 e. The lowest BCUT2D eigenvalue weighted by Crippen LogP contribution is -2.35. The van der Waals surface area contributed by atoms with Crippen LogP contribution in [0.5, 0.6) is 0 Å². The molecule has 0 bridgehead atoms. The molecule has 0 heterocycles. The summed E-state index contributed by atoms with van der Waals surface area (Å²) >= 11 is 5.21. The van der Waals surface area contributed by atoms with Gasteiger partial charge in [-0.1, -0.05) is 42.5 Å². The maximum atomic E-state index is 12.8. The lowest BCUT2D eigenvalue weighted by Gasteiger charge is -2.10. The van der Waals surface area contributed by atoms with Gasteiger partial charge in [0.2, 0.25) is 0 Å². The molecule has 0 spiro atoms. The molecule has 0 aliphatic rings. The van der Waals surface area contributed by atoms with E-state index in [4.69, 9.17) is 12.2 Å². The van der Waals surface area contributed by atoms with E-state index in [1.807, 2.05) is 6.07 Å². The Balaban J connectivity index is 1.60. The van der Waals surface area contributed by atoms with E-state index in [0.717, 1.165) is 24.9 Å². The van der Waals surface area contributed by atoms with Crippen molar-refractivity contribution in [1.29, 1.82) is 0 Å².